The number of benzene rings is 1. The molecule has 1 fully saturated rings. The molecule has 1 aromatic carbocycles. The van der Waals surface area contributed by atoms with Crippen molar-refractivity contribution in [3.63, 3.8) is 0 Å². The first-order valence-electron chi connectivity index (χ1n) is 7.01. The first-order valence-corrected chi connectivity index (χ1v) is 7.44. The van der Waals surface area contributed by atoms with Crippen LogP contribution in [0.25, 0.3) is 0 Å². The monoisotopic (exact) mass is 298 g/mol. The molecule has 20 heavy (non-hydrogen) atoms. The summed E-state index contributed by atoms with van der Waals surface area (Å²) in [6, 6.07) is 5.78. The van der Waals surface area contributed by atoms with E-state index < -0.39 is 0 Å². The van der Waals surface area contributed by atoms with Gasteiger partial charge in [-0.05, 0) is 25.8 Å². The second kappa shape index (κ2) is 6.23. The van der Waals surface area contributed by atoms with Gasteiger partial charge in [0.1, 0.15) is 11.5 Å². The van der Waals surface area contributed by atoms with Crippen LogP contribution < -0.4 is 9.47 Å². The lowest BCUT2D eigenvalue weighted by atomic mass is 9.84. The third-order valence-corrected chi connectivity index (χ3v) is 4.92. The molecule has 1 heterocycles. The second-order valence-corrected chi connectivity index (χ2v) is 5.96. The zero-order valence-electron chi connectivity index (χ0n) is 12.7. The van der Waals surface area contributed by atoms with Gasteiger partial charge >= 0.3 is 0 Å². The third kappa shape index (κ3) is 2.75. The molecule has 1 aromatic rings. The summed E-state index contributed by atoms with van der Waals surface area (Å²) < 4.78 is 16.6. The molecular weight excluding hydrogens is 276 g/mol. The average molecular weight is 299 g/mol. The molecule has 1 aliphatic rings. The number of hydrogen-bond acceptors (Lipinski definition) is 3. The zero-order chi connectivity index (χ0) is 14.9. The van der Waals surface area contributed by atoms with Crippen LogP contribution in [0.2, 0.25) is 0 Å². The van der Waals surface area contributed by atoms with E-state index in [1.54, 1.807) is 14.2 Å². The summed E-state index contributed by atoms with van der Waals surface area (Å²) in [6.45, 7) is 6.40. The van der Waals surface area contributed by atoms with Crippen molar-refractivity contribution in [1.29, 1.82) is 0 Å². The van der Waals surface area contributed by atoms with Crippen LogP contribution in [0.15, 0.2) is 18.2 Å². The Balaban J connectivity index is 2.31. The minimum absolute atomic E-state index is 0.134. The molecule has 5 unspecified atom stereocenters. The van der Waals surface area contributed by atoms with Crippen LogP contribution in [0.1, 0.15) is 31.7 Å². The van der Waals surface area contributed by atoms with Gasteiger partial charge in [0.05, 0.1) is 31.8 Å². The van der Waals surface area contributed by atoms with Gasteiger partial charge in [-0.25, -0.2) is 0 Å². The fourth-order valence-corrected chi connectivity index (χ4v) is 3.67. The Kier molecular flexibility index (Phi) is 4.82. The lowest BCUT2D eigenvalue weighted by molar-refractivity contribution is 0.0507. The van der Waals surface area contributed by atoms with Gasteiger partial charge in [0.15, 0.2) is 0 Å². The molecule has 0 aliphatic carbocycles. The van der Waals surface area contributed by atoms with Crippen LogP contribution in [-0.4, -0.2) is 26.4 Å². The molecule has 4 heteroatoms. The number of halogens is 1. The van der Waals surface area contributed by atoms with E-state index in [1.807, 2.05) is 18.2 Å². The molecular formula is C16H23ClO3. The van der Waals surface area contributed by atoms with Crippen molar-refractivity contribution in [1.82, 2.24) is 0 Å². The molecule has 2 rings (SSSR count). The fraction of sp³-hybridized carbons (Fsp3) is 0.625. The Morgan fingerprint density at radius 3 is 2.30 bits per heavy atom. The minimum Gasteiger partial charge on any atom is -0.497 e. The van der Waals surface area contributed by atoms with Crippen molar-refractivity contribution in [3.8, 4) is 11.5 Å². The molecule has 0 aromatic heterocycles. The van der Waals surface area contributed by atoms with E-state index >= 15 is 0 Å². The molecule has 112 valence electrons. The topological polar surface area (TPSA) is 27.7 Å². The highest BCUT2D eigenvalue weighted by Crippen LogP contribution is 2.46. The van der Waals surface area contributed by atoms with Crippen LogP contribution >= 0.6 is 11.6 Å². The smallest absolute Gasteiger partial charge is 0.127 e. The molecule has 1 saturated heterocycles. The van der Waals surface area contributed by atoms with Gasteiger partial charge in [0.2, 0.25) is 0 Å². The van der Waals surface area contributed by atoms with Crippen molar-refractivity contribution in [2.45, 2.75) is 38.4 Å². The van der Waals surface area contributed by atoms with E-state index in [9.17, 15) is 0 Å². The normalized spacial score (nSPS) is 31.1. The number of ether oxygens (including phenoxy) is 3. The molecule has 0 spiro atoms. The highest BCUT2D eigenvalue weighted by atomic mass is 35.5. The van der Waals surface area contributed by atoms with Crippen molar-refractivity contribution in [2.24, 2.45) is 11.8 Å². The van der Waals surface area contributed by atoms with Crippen LogP contribution in [-0.2, 0) is 4.74 Å². The zero-order valence-corrected chi connectivity index (χ0v) is 13.5. The Bertz CT molecular complexity index is 463. The van der Waals surface area contributed by atoms with Crippen LogP contribution in [0, 0.1) is 11.8 Å². The van der Waals surface area contributed by atoms with Gasteiger partial charge in [-0.2, -0.15) is 0 Å². The van der Waals surface area contributed by atoms with E-state index in [1.165, 1.54) is 0 Å². The quantitative estimate of drug-likeness (QED) is 0.785. The maximum absolute atomic E-state index is 6.75. The van der Waals surface area contributed by atoms with E-state index in [-0.39, 0.29) is 23.5 Å². The second-order valence-electron chi connectivity index (χ2n) is 5.49. The molecule has 3 nitrogen and oxygen atoms in total. The lowest BCUT2D eigenvalue weighted by Gasteiger charge is -2.25. The van der Waals surface area contributed by atoms with Crippen molar-refractivity contribution in [2.75, 3.05) is 14.2 Å². The maximum atomic E-state index is 6.75. The Morgan fingerprint density at radius 2 is 1.80 bits per heavy atom. The summed E-state index contributed by atoms with van der Waals surface area (Å²) in [4.78, 5) is 0. The summed E-state index contributed by atoms with van der Waals surface area (Å²) in [6.07, 6.45) is 0.384. The molecule has 0 N–H and O–H groups in total. The van der Waals surface area contributed by atoms with Crippen LogP contribution in [0.3, 0.4) is 0 Å². The largest absolute Gasteiger partial charge is 0.497 e. The maximum Gasteiger partial charge on any atom is 0.127 e. The molecule has 0 bridgehead atoms. The predicted octanol–water partition coefficient (Wildman–Crippen LogP) is 4.04. The molecule has 0 radical (unpaired) electrons. The summed E-state index contributed by atoms with van der Waals surface area (Å²) >= 11 is 6.75. The SMILES string of the molecule is COc1ccc(C(Cl)C2C(C)OC(C)C2C)c(OC)c1. The molecule has 0 saturated carbocycles. The van der Waals surface area contributed by atoms with Gasteiger partial charge in [0.25, 0.3) is 0 Å². The van der Waals surface area contributed by atoms with E-state index in [0.29, 0.717) is 5.92 Å². The van der Waals surface area contributed by atoms with Crippen molar-refractivity contribution < 1.29 is 14.2 Å². The predicted molar refractivity (Wildman–Crippen MR) is 80.8 cm³/mol. The standard InChI is InChI=1S/C16H23ClO3/c1-9-10(2)20-11(3)15(9)16(17)13-7-6-12(18-4)8-14(13)19-5/h6-11,15-16H,1-5H3. The van der Waals surface area contributed by atoms with Gasteiger partial charge in [0, 0.05) is 17.5 Å². The summed E-state index contributed by atoms with van der Waals surface area (Å²) in [5.41, 5.74) is 0.997. The average Bonchev–Trinajstić information content (AvgIpc) is 2.70. The highest BCUT2D eigenvalue weighted by molar-refractivity contribution is 6.21. The van der Waals surface area contributed by atoms with Gasteiger partial charge < -0.3 is 14.2 Å². The Morgan fingerprint density at radius 1 is 1.10 bits per heavy atom. The van der Waals surface area contributed by atoms with Crippen molar-refractivity contribution >= 4 is 11.6 Å². The van der Waals surface area contributed by atoms with E-state index in [2.05, 4.69) is 20.8 Å². The first kappa shape index (κ1) is 15.5. The lowest BCUT2D eigenvalue weighted by Crippen LogP contribution is -2.22. The van der Waals surface area contributed by atoms with Gasteiger partial charge in [-0.15, -0.1) is 11.6 Å². The summed E-state index contributed by atoms with van der Waals surface area (Å²) in [5, 5.41) is -0.134. The Labute approximate surface area is 126 Å². The minimum atomic E-state index is -0.134. The van der Waals surface area contributed by atoms with Crippen LogP contribution in [0.5, 0.6) is 11.5 Å². The van der Waals surface area contributed by atoms with Gasteiger partial charge in [-0.3, -0.25) is 0 Å². The van der Waals surface area contributed by atoms with Gasteiger partial charge in [-0.1, -0.05) is 13.0 Å². The molecule has 5 atom stereocenters. The molecule has 1 aliphatic heterocycles. The number of alkyl halides is 1. The summed E-state index contributed by atoms with van der Waals surface area (Å²) in [7, 11) is 3.30. The summed E-state index contributed by atoms with van der Waals surface area (Å²) in [5.74, 6) is 2.23. The number of rotatable bonds is 4. The number of hydrogen-bond donors (Lipinski definition) is 0. The van der Waals surface area contributed by atoms with E-state index in [0.717, 1.165) is 17.1 Å². The fourth-order valence-electron chi connectivity index (χ4n) is 3.05. The highest BCUT2D eigenvalue weighted by Gasteiger charge is 2.42. The molecule has 0 amide bonds. The van der Waals surface area contributed by atoms with Crippen molar-refractivity contribution in [3.05, 3.63) is 23.8 Å². The number of methoxy groups -OCH3 is 2. The van der Waals surface area contributed by atoms with Crippen LogP contribution in [0.4, 0.5) is 0 Å². The third-order valence-electron chi connectivity index (χ3n) is 4.39. The first-order chi connectivity index (χ1) is 9.49. The Hall–Kier alpha value is -0.930. The van der Waals surface area contributed by atoms with E-state index in [4.69, 9.17) is 25.8 Å².